The monoisotopic (exact) mass is 379 g/mol. The van der Waals surface area contributed by atoms with Crippen LogP contribution in [0, 0.1) is 5.82 Å². The first-order chi connectivity index (χ1) is 13.5. The number of hydrogen-bond donors (Lipinski definition) is 3. The first-order valence-electron chi connectivity index (χ1n) is 8.48. The van der Waals surface area contributed by atoms with E-state index < -0.39 is 5.91 Å². The van der Waals surface area contributed by atoms with Gasteiger partial charge in [-0.3, -0.25) is 4.79 Å². The number of benzene rings is 2. The molecule has 0 unspecified atom stereocenters. The number of rotatable bonds is 6. The van der Waals surface area contributed by atoms with E-state index in [-0.39, 0.29) is 17.6 Å². The largest absolute Gasteiger partial charge is 0.451 e. The Morgan fingerprint density at radius 2 is 1.57 bits per heavy atom. The molecule has 3 amide bonds. The minimum atomic E-state index is -0.419. The minimum Gasteiger partial charge on any atom is -0.451 e. The van der Waals surface area contributed by atoms with Crippen molar-refractivity contribution in [3.05, 3.63) is 84.9 Å². The molecule has 0 bridgehead atoms. The molecule has 3 rings (SSSR count). The van der Waals surface area contributed by atoms with Crippen LogP contribution in [0.5, 0.6) is 0 Å². The van der Waals surface area contributed by atoms with Crippen LogP contribution in [0.4, 0.5) is 20.6 Å². The Morgan fingerprint density at radius 1 is 0.929 bits per heavy atom. The van der Waals surface area contributed by atoms with Gasteiger partial charge < -0.3 is 20.4 Å². The summed E-state index contributed by atoms with van der Waals surface area (Å²) < 4.78 is 18.6. The maximum atomic E-state index is 13.0. The molecule has 142 valence electrons. The van der Waals surface area contributed by atoms with Gasteiger partial charge in [0.05, 0.1) is 0 Å². The molecule has 28 heavy (non-hydrogen) atoms. The summed E-state index contributed by atoms with van der Waals surface area (Å²) in [5.41, 5.74) is 1.79. The fourth-order valence-corrected chi connectivity index (χ4v) is 2.40. The first kappa shape index (κ1) is 18.9. The quantitative estimate of drug-likeness (QED) is 0.545. The summed E-state index contributed by atoms with van der Waals surface area (Å²) in [5, 5.41) is 7.97. The second kappa shape index (κ2) is 8.68. The standard InChI is InChI=1S/C21H18FN3O3/c1-2-13-23-21(27)25-17-9-7-16(8-10-17)24-20(26)19-12-11-18(28-19)14-3-5-15(22)6-4-14/h2-12H,1,13H2,(H,24,26)(H2,23,25,27). The van der Waals surface area contributed by atoms with Crippen molar-refractivity contribution in [3.8, 4) is 11.3 Å². The highest BCUT2D eigenvalue weighted by atomic mass is 19.1. The predicted molar refractivity (Wildman–Crippen MR) is 106 cm³/mol. The predicted octanol–water partition coefficient (Wildman–Crippen LogP) is 4.65. The fourth-order valence-electron chi connectivity index (χ4n) is 2.40. The van der Waals surface area contributed by atoms with E-state index in [2.05, 4.69) is 22.5 Å². The van der Waals surface area contributed by atoms with Crippen molar-refractivity contribution < 1.29 is 18.4 Å². The smallest absolute Gasteiger partial charge is 0.319 e. The summed E-state index contributed by atoms with van der Waals surface area (Å²) in [6.45, 7) is 3.88. The Labute approximate surface area is 161 Å². The SMILES string of the molecule is C=CCNC(=O)Nc1ccc(NC(=O)c2ccc(-c3ccc(F)cc3)o2)cc1. The Bertz CT molecular complexity index is 979. The maximum absolute atomic E-state index is 13.0. The zero-order chi connectivity index (χ0) is 19.9. The molecule has 1 heterocycles. The molecule has 0 atom stereocenters. The van der Waals surface area contributed by atoms with Gasteiger partial charge in [-0.25, -0.2) is 9.18 Å². The van der Waals surface area contributed by atoms with Crippen LogP contribution >= 0.6 is 0 Å². The number of carbonyl (C=O) groups excluding carboxylic acids is 2. The van der Waals surface area contributed by atoms with Gasteiger partial charge in [-0.05, 0) is 60.7 Å². The number of furan rings is 1. The molecule has 2 aromatic carbocycles. The number of nitrogens with one attached hydrogen (secondary N) is 3. The third-order valence-corrected chi connectivity index (χ3v) is 3.77. The van der Waals surface area contributed by atoms with Gasteiger partial charge in [0.15, 0.2) is 5.76 Å². The van der Waals surface area contributed by atoms with E-state index in [1.807, 2.05) is 0 Å². The lowest BCUT2D eigenvalue weighted by Crippen LogP contribution is -2.28. The third kappa shape index (κ3) is 4.85. The van der Waals surface area contributed by atoms with Crippen molar-refractivity contribution in [1.82, 2.24) is 5.32 Å². The number of halogens is 1. The molecular weight excluding hydrogens is 361 g/mol. The van der Waals surface area contributed by atoms with Crippen LogP contribution in [0.2, 0.25) is 0 Å². The van der Waals surface area contributed by atoms with Crippen molar-refractivity contribution in [2.45, 2.75) is 0 Å². The van der Waals surface area contributed by atoms with Crippen molar-refractivity contribution in [3.63, 3.8) is 0 Å². The second-order valence-corrected chi connectivity index (χ2v) is 5.83. The summed E-state index contributed by atoms with van der Waals surface area (Å²) in [6.07, 6.45) is 1.58. The van der Waals surface area contributed by atoms with Gasteiger partial charge in [0.25, 0.3) is 5.91 Å². The Kier molecular flexibility index (Phi) is 5.86. The minimum absolute atomic E-state index is 0.130. The Balaban J connectivity index is 1.61. The van der Waals surface area contributed by atoms with Crippen LogP contribution in [0.25, 0.3) is 11.3 Å². The van der Waals surface area contributed by atoms with Gasteiger partial charge in [0.1, 0.15) is 11.6 Å². The van der Waals surface area contributed by atoms with E-state index in [9.17, 15) is 14.0 Å². The van der Waals surface area contributed by atoms with Crippen LogP contribution in [0.15, 0.2) is 77.7 Å². The number of amides is 3. The van der Waals surface area contributed by atoms with Crippen molar-refractivity contribution in [2.24, 2.45) is 0 Å². The molecule has 6 nitrogen and oxygen atoms in total. The van der Waals surface area contributed by atoms with Crippen LogP contribution in [-0.4, -0.2) is 18.5 Å². The van der Waals surface area contributed by atoms with Crippen molar-refractivity contribution in [2.75, 3.05) is 17.2 Å². The van der Waals surface area contributed by atoms with Crippen LogP contribution in [-0.2, 0) is 0 Å². The van der Waals surface area contributed by atoms with Gasteiger partial charge in [-0.2, -0.15) is 0 Å². The summed E-state index contributed by atoms with van der Waals surface area (Å²) >= 11 is 0. The van der Waals surface area contributed by atoms with E-state index in [1.54, 1.807) is 54.6 Å². The molecule has 1 aromatic heterocycles. The molecule has 7 heteroatoms. The molecule has 0 fully saturated rings. The lowest BCUT2D eigenvalue weighted by atomic mass is 10.2. The van der Waals surface area contributed by atoms with Gasteiger partial charge in [-0.15, -0.1) is 6.58 Å². The molecule has 0 spiro atoms. The molecule has 0 saturated heterocycles. The fraction of sp³-hybridized carbons (Fsp3) is 0.0476. The zero-order valence-electron chi connectivity index (χ0n) is 14.9. The summed E-state index contributed by atoms with van der Waals surface area (Å²) in [6, 6.07) is 15.3. The first-order valence-corrected chi connectivity index (χ1v) is 8.48. The van der Waals surface area contributed by atoms with Crippen LogP contribution < -0.4 is 16.0 Å². The van der Waals surface area contributed by atoms with Gasteiger partial charge in [0.2, 0.25) is 0 Å². The Morgan fingerprint density at radius 3 is 2.21 bits per heavy atom. The van der Waals surface area contributed by atoms with E-state index in [1.165, 1.54) is 12.1 Å². The second-order valence-electron chi connectivity index (χ2n) is 5.83. The van der Waals surface area contributed by atoms with Crippen LogP contribution in [0.1, 0.15) is 10.6 Å². The normalized spacial score (nSPS) is 10.2. The van der Waals surface area contributed by atoms with Crippen molar-refractivity contribution >= 4 is 23.3 Å². The van der Waals surface area contributed by atoms with E-state index in [4.69, 9.17) is 4.42 Å². The molecular formula is C21H18FN3O3. The molecule has 0 aliphatic rings. The number of carbonyl (C=O) groups is 2. The summed E-state index contributed by atoms with van der Waals surface area (Å²) in [4.78, 5) is 23.9. The number of urea groups is 1. The topological polar surface area (TPSA) is 83.4 Å². The highest BCUT2D eigenvalue weighted by molar-refractivity contribution is 6.02. The number of hydrogen-bond acceptors (Lipinski definition) is 3. The maximum Gasteiger partial charge on any atom is 0.319 e. The average Bonchev–Trinajstić information content (AvgIpc) is 3.19. The Hall–Kier alpha value is -3.87. The molecule has 0 saturated carbocycles. The molecule has 3 aromatic rings. The average molecular weight is 379 g/mol. The van der Waals surface area contributed by atoms with Crippen LogP contribution in [0.3, 0.4) is 0 Å². The summed E-state index contributed by atoms with van der Waals surface area (Å²) in [7, 11) is 0. The van der Waals surface area contributed by atoms with Gasteiger partial charge in [0, 0.05) is 23.5 Å². The molecule has 3 N–H and O–H groups in total. The van der Waals surface area contributed by atoms with Gasteiger partial charge in [-0.1, -0.05) is 6.08 Å². The molecule has 0 aliphatic carbocycles. The lowest BCUT2D eigenvalue weighted by molar-refractivity contribution is 0.0997. The third-order valence-electron chi connectivity index (χ3n) is 3.77. The zero-order valence-corrected chi connectivity index (χ0v) is 14.9. The van der Waals surface area contributed by atoms with E-state index in [0.717, 1.165) is 0 Å². The van der Waals surface area contributed by atoms with E-state index in [0.29, 0.717) is 29.2 Å². The highest BCUT2D eigenvalue weighted by Crippen LogP contribution is 2.23. The summed E-state index contributed by atoms with van der Waals surface area (Å²) in [5.74, 6) is -0.164. The molecule has 0 aliphatic heterocycles. The number of anilines is 2. The lowest BCUT2D eigenvalue weighted by Gasteiger charge is -2.07. The van der Waals surface area contributed by atoms with Crippen molar-refractivity contribution in [1.29, 1.82) is 0 Å². The van der Waals surface area contributed by atoms with E-state index >= 15 is 0 Å². The van der Waals surface area contributed by atoms with Gasteiger partial charge >= 0.3 is 6.03 Å². The highest BCUT2D eigenvalue weighted by Gasteiger charge is 2.13. The molecule has 0 radical (unpaired) electrons.